The van der Waals surface area contributed by atoms with Crippen molar-refractivity contribution in [2.45, 2.75) is 13.5 Å². The highest BCUT2D eigenvalue weighted by Crippen LogP contribution is 2.23. The summed E-state index contributed by atoms with van der Waals surface area (Å²) in [5.74, 6) is -0.703. The summed E-state index contributed by atoms with van der Waals surface area (Å²) in [6.07, 6.45) is 0. The summed E-state index contributed by atoms with van der Waals surface area (Å²) in [6, 6.07) is 8.89. The standard InChI is InChI=1S/C14H13F2NO/c1-9-5-6-10(17)7-14(9)18-8-11-12(15)3-2-4-13(11)16/h2-7H,8,17H2,1H3. The van der Waals surface area contributed by atoms with Crippen LogP contribution in [0.15, 0.2) is 36.4 Å². The monoisotopic (exact) mass is 249 g/mol. The van der Waals surface area contributed by atoms with Crippen molar-refractivity contribution >= 4 is 5.69 Å². The Morgan fingerprint density at radius 1 is 1.11 bits per heavy atom. The molecule has 0 radical (unpaired) electrons. The van der Waals surface area contributed by atoms with Crippen molar-refractivity contribution in [3.63, 3.8) is 0 Å². The zero-order valence-corrected chi connectivity index (χ0v) is 9.91. The molecule has 4 heteroatoms. The third kappa shape index (κ3) is 2.59. The Kier molecular flexibility index (Phi) is 3.46. The minimum absolute atomic E-state index is 0.0840. The first-order chi connectivity index (χ1) is 8.58. The second-order valence-corrected chi connectivity index (χ2v) is 4.01. The van der Waals surface area contributed by atoms with Crippen molar-refractivity contribution in [3.05, 3.63) is 59.2 Å². The fourth-order valence-electron chi connectivity index (χ4n) is 1.59. The second kappa shape index (κ2) is 5.04. The van der Waals surface area contributed by atoms with Gasteiger partial charge in [-0.15, -0.1) is 0 Å². The molecule has 0 fully saturated rings. The van der Waals surface area contributed by atoms with E-state index in [9.17, 15) is 8.78 Å². The number of ether oxygens (including phenoxy) is 1. The zero-order valence-electron chi connectivity index (χ0n) is 9.91. The second-order valence-electron chi connectivity index (χ2n) is 4.01. The fourth-order valence-corrected chi connectivity index (χ4v) is 1.59. The number of hydrogen-bond donors (Lipinski definition) is 1. The molecule has 0 aliphatic heterocycles. The predicted octanol–water partition coefficient (Wildman–Crippen LogP) is 3.43. The van der Waals surface area contributed by atoms with Gasteiger partial charge in [-0.1, -0.05) is 12.1 Å². The van der Waals surface area contributed by atoms with Gasteiger partial charge in [0.15, 0.2) is 0 Å². The minimum atomic E-state index is -0.614. The molecule has 2 aromatic rings. The highest BCUT2D eigenvalue weighted by atomic mass is 19.1. The van der Waals surface area contributed by atoms with Crippen LogP contribution in [0.5, 0.6) is 5.75 Å². The van der Waals surface area contributed by atoms with Crippen LogP contribution in [0.25, 0.3) is 0 Å². The summed E-state index contributed by atoms with van der Waals surface area (Å²) >= 11 is 0. The Labute approximate surface area is 104 Å². The molecule has 2 rings (SSSR count). The van der Waals surface area contributed by atoms with Crippen molar-refractivity contribution in [3.8, 4) is 5.75 Å². The van der Waals surface area contributed by atoms with Gasteiger partial charge in [0.2, 0.25) is 0 Å². The van der Waals surface area contributed by atoms with Crippen molar-refractivity contribution in [2.75, 3.05) is 5.73 Å². The van der Waals surface area contributed by atoms with E-state index in [1.54, 1.807) is 18.2 Å². The molecule has 0 atom stereocenters. The third-order valence-corrected chi connectivity index (χ3v) is 2.65. The van der Waals surface area contributed by atoms with E-state index < -0.39 is 11.6 Å². The van der Waals surface area contributed by atoms with Crippen LogP contribution >= 0.6 is 0 Å². The molecular weight excluding hydrogens is 236 g/mol. The largest absolute Gasteiger partial charge is 0.488 e. The van der Waals surface area contributed by atoms with Gasteiger partial charge in [0.25, 0.3) is 0 Å². The van der Waals surface area contributed by atoms with Crippen LogP contribution in [0, 0.1) is 18.6 Å². The van der Waals surface area contributed by atoms with Crippen LogP contribution in [0.1, 0.15) is 11.1 Å². The number of hydrogen-bond acceptors (Lipinski definition) is 2. The Morgan fingerprint density at radius 2 is 1.78 bits per heavy atom. The molecule has 0 saturated carbocycles. The van der Waals surface area contributed by atoms with Gasteiger partial charge in [-0.05, 0) is 30.7 Å². The van der Waals surface area contributed by atoms with Crippen LogP contribution in [0.2, 0.25) is 0 Å². The van der Waals surface area contributed by atoms with Gasteiger partial charge in [0.1, 0.15) is 24.0 Å². The Balaban J connectivity index is 2.19. The lowest BCUT2D eigenvalue weighted by Gasteiger charge is -2.11. The molecule has 0 amide bonds. The molecule has 0 spiro atoms. The minimum Gasteiger partial charge on any atom is -0.488 e. The highest BCUT2D eigenvalue weighted by molar-refractivity contribution is 5.48. The van der Waals surface area contributed by atoms with Crippen molar-refractivity contribution in [1.82, 2.24) is 0 Å². The number of benzene rings is 2. The SMILES string of the molecule is Cc1ccc(N)cc1OCc1c(F)cccc1F. The first-order valence-corrected chi connectivity index (χ1v) is 5.50. The van der Waals surface area contributed by atoms with E-state index in [2.05, 4.69) is 0 Å². The van der Waals surface area contributed by atoms with Gasteiger partial charge < -0.3 is 10.5 Å². The van der Waals surface area contributed by atoms with Crippen LogP contribution in [0.3, 0.4) is 0 Å². The van der Waals surface area contributed by atoms with E-state index in [1.807, 2.05) is 6.92 Å². The molecule has 0 unspecified atom stereocenters. The lowest BCUT2D eigenvalue weighted by molar-refractivity contribution is 0.291. The molecule has 2 aromatic carbocycles. The molecule has 2 nitrogen and oxygen atoms in total. The molecule has 0 aliphatic rings. The summed E-state index contributed by atoms with van der Waals surface area (Å²) in [7, 11) is 0. The molecular formula is C14H13F2NO. The van der Waals surface area contributed by atoms with Gasteiger partial charge in [-0.3, -0.25) is 0 Å². The van der Waals surface area contributed by atoms with Crippen molar-refractivity contribution in [1.29, 1.82) is 0 Å². The smallest absolute Gasteiger partial charge is 0.132 e. The summed E-state index contributed by atoms with van der Waals surface area (Å²) < 4.78 is 32.2. The molecule has 0 heterocycles. The molecule has 0 aliphatic carbocycles. The van der Waals surface area contributed by atoms with Crippen LogP contribution in [-0.2, 0) is 6.61 Å². The van der Waals surface area contributed by atoms with Crippen molar-refractivity contribution in [2.24, 2.45) is 0 Å². The summed E-state index contributed by atoms with van der Waals surface area (Å²) in [4.78, 5) is 0. The first-order valence-electron chi connectivity index (χ1n) is 5.50. The number of halogens is 2. The van der Waals surface area contributed by atoms with E-state index in [4.69, 9.17) is 10.5 Å². The molecule has 0 saturated heterocycles. The lowest BCUT2D eigenvalue weighted by atomic mass is 10.2. The highest BCUT2D eigenvalue weighted by Gasteiger charge is 2.09. The molecule has 0 aromatic heterocycles. The van der Waals surface area contributed by atoms with Crippen molar-refractivity contribution < 1.29 is 13.5 Å². The lowest BCUT2D eigenvalue weighted by Crippen LogP contribution is -2.03. The number of nitrogen functional groups attached to an aromatic ring is 1. The van der Waals surface area contributed by atoms with Gasteiger partial charge in [-0.25, -0.2) is 8.78 Å². The van der Waals surface area contributed by atoms with Gasteiger partial charge in [-0.2, -0.15) is 0 Å². The van der Waals surface area contributed by atoms with E-state index >= 15 is 0 Å². The average molecular weight is 249 g/mol. The Morgan fingerprint density at radius 3 is 2.44 bits per heavy atom. The molecule has 0 bridgehead atoms. The van der Waals surface area contributed by atoms with E-state index in [0.717, 1.165) is 5.56 Å². The number of rotatable bonds is 3. The maximum atomic E-state index is 13.4. The molecule has 18 heavy (non-hydrogen) atoms. The van der Waals surface area contributed by atoms with Crippen LogP contribution in [0.4, 0.5) is 14.5 Å². The topological polar surface area (TPSA) is 35.2 Å². The summed E-state index contributed by atoms with van der Waals surface area (Å²) in [5.41, 5.74) is 6.95. The van der Waals surface area contributed by atoms with Gasteiger partial charge in [0, 0.05) is 11.8 Å². The van der Waals surface area contributed by atoms with Crippen LogP contribution in [-0.4, -0.2) is 0 Å². The van der Waals surface area contributed by atoms with E-state index in [1.165, 1.54) is 18.2 Å². The summed E-state index contributed by atoms with van der Waals surface area (Å²) in [5, 5.41) is 0. The quantitative estimate of drug-likeness (QED) is 0.846. The Bertz CT molecular complexity index is 549. The zero-order chi connectivity index (χ0) is 13.1. The van der Waals surface area contributed by atoms with Gasteiger partial charge >= 0.3 is 0 Å². The molecule has 2 N–H and O–H groups in total. The first kappa shape index (κ1) is 12.4. The molecule has 94 valence electrons. The van der Waals surface area contributed by atoms with E-state index in [-0.39, 0.29) is 12.2 Å². The number of nitrogens with two attached hydrogens (primary N) is 1. The maximum absolute atomic E-state index is 13.4. The predicted molar refractivity (Wildman–Crippen MR) is 66.3 cm³/mol. The normalized spacial score (nSPS) is 10.4. The van der Waals surface area contributed by atoms with Gasteiger partial charge in [0.05, 0.1) is 5.56 Å². The van der Waals surface area contributed by atoms with Crippen LogP contribution < -0.4 is 10.5 Å². The summed E-state index contributed by atoms with van der Waals surface area (Å²) in [6.45, 7) is 1.68. The van der Waals surface area contributed by atoms with E-state index in [0.29, 0.717) is 11.4 Å². The third-order valence-electron chi connectivity index (χ3n) is 2.65. The maximum Gasteiger partial charge on any atom is 0.132 e. The number of aryl methyl sites for hydroxylation is 1. The Hall–Kier alpha value is -2.10. The fraction of sp³-hybridized carbons (Fsp3) is 0.143. The average Bonchev–Trinajstić information content (AvgIpc) is 2.33. The number of anilines is 1.